The van der Waals surface area contributed by atoms with Crippen molar-refractivity contribution in [1.82, 2.24) is 10.2 Å². The van der Waals surface area contributed by atoms with Crippen LogP contribution in [0.1, 0.15) is 36.7 Å². The van der Waals surface area contributed by atoms with Crippen molar-refractivity contribution < 1.29 is 24.0 Å². The molecule has 0 unspecified atom stereocenters. The number of carbonyl (C=O) groups excluding carboxylic acids is 3. The second-order valence-corrected chi connectivity index (χ2v) is 6.59. The molecule has 0 bridgehead atoms. The van der Waals surface area contributed by atoms with Crippen molar-refractivity contribution in [3.63, 3.8) is 0 Å². The summed E-state index contributed by atoms with van der Waals surface area (Å²) in [6.07, 6.45) is 0. The second kappa shape index (κ2) is 6.88. The fourth-order valence-electron chi connectivity index (χ4n) is 2.44. The predicted octanol–water partition coefficient (Wildman–Crippen LogP) is 1.60. The third kappa shape index (κ3) is 4.11. The minimum Gasteiger partial charge on any atom is -0.452 e. The monoisotopic (exact) mass is 349 g/mol. The summed E-state index contributed by atoms with van der Waals surface area (Å²) in [7, 11) is 0. The first-order chi connectivity index (χ1) is 11.6. The molecule has 1 saturated heterocycles. The molecule has 25 heavy (non-hydrogen) atoms. The van der Waals surface area contributed by atoms with Crippen LogP contribution in [0.2, 0.25) is 0 Å². The second-order valence-electron chi connectivity index (χ2n) is 6.59. The number of nitro benzene ring substituents is 1. The molecular weight excluding hydrogens is 330 g/mol. The average Bonchev–Trinajstić information content (AvgIpc) is 2.96. The summed E-state index contributed by atoms with van der Waals surface area (Å²) in [6, 6.07) is 3.52. The van der Waals surface area contributed by atoms with E-state index in [0.29, 0.717) is 12.1 Å². The number of amides is 3. The van der Waals surface area contributed by atoms with Crippen LogP contribution in [-0.4, -0.2) is 47.4 Å². The van der Waals surface area contributed by atoms with Gasteiger partial charge < -0.3 is 10.1 Å². The summed E-state index contributed by atoms with van der Waals surface area (Å²) in [5, 5.41) is 13.7. The number of nitrogens with zero attached hydrogens (tertiary/aromatic N) is 2. The third-order valence-corrected chi connectivity index (χ3v) is 3.72. The van der Waals surface area contributed by atoms with E-state index in [2.05, 4.69) is 5.32 Å². The van der Waals surface area contributed by atoms with E-state index in [9.17, 15) is 24.5 Å². The Morgan fingerprint density at radius 1 is 1.36 bits per heavy atom. The smallest absolute Gasteiger partial charge is 0.338 e. The van der Waals surface area contributed by atoms with Crippen LogP contribution in [0.3, 0.4) is 0 Å². The third-order valence-electron chi connectivity index (χ3n) is 3.72. The fourth-order valence-corrected chi connectivity index (χ4v) is 2.44. The van der Waals surface area contributed by atoms with Crippen LogP contribution in [0.5, 0.6) is 0 Å². The molecule has 3 amide bonds. The Morgan fingerprint density at radius 2 is 2.04 bits per heavy atom. The van der Waals surface area contributed by atoms with E-state index in [-0.39, 0.29) is 17.8 Å². The van der Waals surface area contributed by atoms with Crippen LogP contribution >= 0.6 is 0 Å². The molecule has 0 saturated carbocycles. The van der Waals surface area contributed by atoms with Crippen LogP contribution in [0.4, 0.5) is 10.5 Å². The minimum atomic E-state index is -0.864. The van der Waals surface area contributed by atoms with E-state index in [0.717, 1.165) is 11.0 Å². The van der Waals surface area contributed by atoms with Gasteiger partial charge in [0.15, 0.2) is 6.61 Å². The molecule has 1 heterocycles. The largest absolute Gasteiger partial charge is 0.452 e. The normalized spacial score (nSPS) is 14.2. The number of carbonyl (C=O) groups is 3. The number of esters is 1. The molecule has 9 nitrogen and oxygen atoms in total. The lowest BCUT2D eigenvalue weighted by atomic mass is 9.85. The zero-order valence-electron chi connectivity index (χ0n) is 14.2. The van der Waals surface area contributed by atoms with Gasteiger partial charge in [0.25, 0.3) is 11.6 Å². The Balaban J connectivity index is 2.11. The first kappa shape index (κ1) is 18.4. The number of nitrogens with one attached hydrogen (secondary N) is 1. The summed E-state index contributed by atoms with van der Waals surface area (Å²) in [5.41, 5.74) is -0.200. The van der Waals surface area contributed by atoms with Gasteiger partial charge in [0, 0.05) is 24.7 Å². The zero-order chi connectivity index (χ0) is 18.8. The van der Waals surface area contributed by atoms with Crippen LogP contribution in [0, 0.1) is 10.1 Å². The molecule has 1 aliphatic rings. The van der Waals surface area contributed by atoms with Crippen molar-refractivity contribution in [2.24, 2.45) is 0 Å². The molecule has 0 atom stereocenters. The molecule has 1 fully saturated rings. The highest BCUT2D eigenvalue weighted by atomic mass is 16.6. The summed E-state index contributed by atoms with van der Waals surface area (Å²) in [6.45, 7) is 5.42. The SMILES string of the molecule is CC(C)(C)c1ccc(C(=O)OCC(=O)N2CCNC2=O)cc1[N+](=O)[O-]. The Morgan fingerprint density at radius 3 is 2.56 bits per heavy atom. The summed E-state index contributed by atoms with van der Waals surface area (Å²) < 4.78 is 4.88. The Hall–Kier alpha value is -2.97. The van der Waals surface area contributed by atoms with Gasteiger partial charge in [0.1, 0.15) is 0 Å². The summed E-state index contributed by atoms with van der Waals surface area (Å²) in [5.74, 6) is -1.51. The van der Waals surface area contributed by atoms with Crippen LogP contribution in [0.25, 0.3) is 0 Å². The van der Waals surface area contributed by atoms with Crippen molar-refractivity contribution in [3.05, 3.63) is 39.4 Å². The van der Waals surface area contributed by atoms with Gasteiger partial charge in [-0.25, -0.2) is 9.59 Å². The molecule has 1 aromatic carbocycles. The van der Waals surface area contributed by atoms with E-state index in [4.69, 9.17) is 4.74 Å². The van der Waals surface area contributed by atoms with Crippen molar-refractivity contribution >= 4 is 23.6 Å². The van der Waals surface area contributed by atoms with Gasteiger partial charge in [-0.2, -0.15) is 0 Å². The molecule has 1 N–H and O–H groups in total. The zero-order valence-corrected chi connectivity index (χ0v) is 14.2. The summed E-state index contributed by atoms with van der Waals surface area (Å²) >= 11 is 0. The number of nitro groups is 1. The van der Waals surface area contributed by atoms with Crippen molar-refractivity contribution in [2.75, 3.05) is 19.7 Å². The standard InChI is InChI=1S/C16H19N3O6/c1-16(2,3)11-5-4-10(8-12(11)19(23)24)14(21)25-9-13(20)18-7-6-17-15(18)22/h4-5,8H,6-7,9H2,1-3H3,(H,17,22). The number of ether oxygens (including phenoxy) is 1. The maximum atomic E-state index is 12.1. The molecule has 1 aliphatic heterocycles. The first-order valence-electron chi connectivity index (χ1n) is 7.65. The van der Waals surface area contributed by atoms with Crippen LogP contribution in [-0.2, 0) is 14.9 Å². The lowest BCUT2D eigenvalue weighted by Gasteiger charge is -2.19. The average molecular weight is 349 g/mol. The summed E-state index contributed by atoms with van der Waals surface area (Å²) in [4.78, 5) is 46.9. The number of imide groups is 1. The maximum absolute atomic E-state index is 12.1. The van der Waals surface area contributed by atoms with Crippen molar-refractivity contribution in [1.29, 1.82) is 0 Å². The molecule has 0 spiro atoms. The predicted molar refractivity (Wildman–Crippen MR) is 87.2 cm³/mol. The topological polar surface area (TPSA) is 119 Å². The van der Waals surface area contributed by atoms with Gasteiger partial charge in [0.05, 0.1) is 10.5 Å². The number of hydrogen-bond donors (Lipinski definition) is 1. The number of hydrogen-bond acceptors (Lipinski definition) is 6. The van der Waals surface area contributed by atoms with E-state index < -0.39 is 34.9 Å². The molecule has 1 aromatic rings. The van der Waals surface area contributed by atoms with Crippen molar-refractivity contribution in [2.45, 2.75) is 26.2 Å². The molecule has 9 heteroatoms. The quantitative estimate of drug-likeness (QED) is 0.501. The maximum Gasteiger partial charge on any atom is 0.338 e. The Bertz CT molecular complexity index is 738. The van der Waals surface area contributed by atoms with E-state index >= 15 is 0 Å². The van der Waals surface area contributed by atoms with Gasteiger partial charge >= 0.3 is 12.0 Å². The Labute approximate surface area is 144 Å². The molecule has 2 rings (SSSR count). The number of rotatable bonds is 4. The Kier molecular flexibility index (Phi) is 5.05. The van der Waals surface area contributed by atoms with Gasteiger partial charge in [-0.15, -0.1) is 0 Å². The van der Waals surface area contributed by atoms with Gasteiger partial charge in [-0.1, -0.05) is 26.8 Å². The van der Waals surface area contributed by atoms with Gasteiger partial charge in [-0.05, 0) is 11.5 Å². The van der Waals surface area contributed by atoms with E-state index in [1.165, 1.54) is 12.1 Å². The van der Waals surface area contributed by atoms with E-state index in [1.54, 1.807) is 0 Å². The van der Waals surface area contributed by atoms with Crippen LogP contribution in [0.15, 0.2) is 18.2 Å². The lowest BCUT2D eigenvalue weighted by molar-refractivity contribution is -0.386. The van der Waals surface area contributed by atoms with E-state index in [1.807, 2.05) is 20.8 Å². The van der Waals surface area contributed by atoms with Crippen LogP contribution < -0.4 is 5.32 Å². The van der Waals surface area contributed by atoms with Gasteiger partial charge in [-0.3, -0.25) is 19.8 Å². The van der Waals surface area contributed by atoms with Crippen molar-refractivity contribution in [3.8, 4) is 0 Å². The molecule has 134 valence electrons. The van der Waals surface area contributed by atoms with Gasteiger partial charge in [0.2, 0.25) is 0 Å². The molecule has 0 aromatic heterocycles. The minimum absolute atomic E-state index is 0.0293. The lowest BCUT2D eigenvalue weighted by Crippen LogP contribution is -2.37. The number of urea groups is 1. The highest BCUT2D eigenvalue weighted by Crippen LogP contribution is 2.31. The highest BCUT2D eigenvalue weighted by Gasteiger charge is 2.28. The number of benzene rings is 1. The highest BCUT2D eigenvalue weighted by molar-refractivity contribution is 5.98. The fraction of sp³-hybridized carbons (Fsp3) is 0.438. The molecule has 0 aliphatic carbocycles. The molecular formula is C16H19N3O6. The first-order valence-corrected chi connectivity index (χ1v) is 7.65. The molecule has 0 radical (unpaired) electrons.